The smallest absolute Gasteiger partial charge is 0.0937 e. The summed E-state index contributed by atoms with van der Waals surface area (Å²) in [6, 6.07) is 8.11. The summed E-state index contributed by atoms with van der Waals surface area (Å²) < 4.78 is 0. The Kier molecular flexibility index (Phi) is 3.87. The maximum Gasteiger partial charge on any atom is 0.0937 e. The molecule has 0 aliphatic carbocycles. The molecular weight excluding hydrogens is 252 g/mol. The molecule has 3 heteroatoms. The van der Waals surface area contributed by atoms with Gasteiger partial charge in [-0.1, -0.05) is 35.9 Å². The van der Waals surface area contributed by atoms with Gasteiger partial charge in [-0.3, -0.25) is 0 Å². The minimum Gasteiger partial charge on any atom is -0.387 e. The van der Waals surface area contributed by atoms with Crippen LogP contribution >= 0.6 is 22.9 Å². The third kappa shape index (κ3) is 2.71. The molecule has 1 aromatic heterocycles. The number of aliphatic hydroxyl groups excluding tert-OH is 1. The lowest BCUT2D eigenvalue weighted by Gasteiger charge is -2.11. The summed E-state index contributed by atoms with van der Waals surface area (Å²) in [5.41, 5.74) is 3.41. The normalized spacial score (nSPS) is 12.7. The fourth-order valence-corrected chi connectivity index (χ4v) is 3.12. The first-order valence-electron chi connectivity index (χ1n) is 5.55. The highest BCUT2D eigenvalue weighted by molar-refractivity contribution is 7.10. The molecule has 0 amide bonds. The van der Waals surface area contributed by atoms with Gasteiger partial charge < -0.3 is 5.11 Å². The van der Waals surface area contributed by atoms with E-state index in [2.05, 4.69) is 13.0 Å². The predicted molar refractivity (Wildman–Crippen MR) is 73.9 cm³/mol. The van der Waals surface area contributed by atoms with Crippen molar-refractivity contribution in [2.75, 3.05) is 0 Å². The Bertz CT molecular complexity index is 519. The van der Waals surface area contributed by atoms with Gasteiger partial charge in [0.2, 0.25) is 0 Å². The first-order valence-corrected chi connectivity index (χ1v) is 6.81. The molecule has 0 radical (unpaired) electrons. The van der Waals surface area contributed by atoms with Crippen molar-refractivity contribution in [2.24, 2.45) is 0 Å². The maximum atomic E-state index is 10.2. The second-order valence-corrected chi connectivity index (χ2v) is 5.53. The maximum absolute atomic E-state index is 10.2. The van der Waals surface area contributed by atoms with Crippen molar-refractivity contribution in [3.63, 3.8) is 0 Å². The number of benzene rings is 1. The van der Waals surface area contributed by atoms with E-state index in [-0.39, 0.29) is 0 Å². The number of hydrogen-bond donors (Lipinski definition) is 1. The Morgan fingerprint density at radius 1 is 1.24 bits per heavy atom. The number of aliphatic hydroxyl groups is 1. The molecule has 17 heavy (non-hydrogen) atoms. The molecule has 0 fully saturated rings. The van der Waals surface area contributed by atoms with Gasteiger partial charge in [-0.2, -0.15) is 0 Å². The van der Waals surface area contributed by atoms with E-state index in [1.165, 1.54) is 22.5 Å². The molecule has 0 aliphatic rings. The van der Waals surface area contributed by atoms with Crippen LogP contribution in [0.4, 0.5) is 0 Å². The van der Waals surface area contributed by atoms with Crippen molar-refractivity contribution in [2.45, 2.75) is 26.4 Å². The molecule has 1 nitrogen and oxygen atoms in total. The Balaban J connectivity index is 2.20. The monoisotopic (exact) mass is 266 g/mol. The zero-order valence-corrected chi connectivity index (χ0v) is 11.5. The lowest BCUT2D eigenvalue weighted by molar-refractivity contribution is 0.182. The first-order chi connectivity index (χ1) is 8.09. The quantitative estimate of drug-likeness (QED) is 0.878. The number of halogens is 1. The van der Waals surface area contributed by atoms with Crippen LogP contribution in [0.3, 0.4) is 0 Å². The van der Waals surface area contributed by atoms with E-state index < -0.39 is 6.10 Å². The Hall–Kier alpha value is -0.830. The number of hydrogen-bond acceptors (Lipinski definition) is 2. The van der Waals surface area contributed by atoms with Gasteiger partial charge in [0.1, 0.15) is 0 Å². The Labute approximate surface area is 111 Å². The van der Waals surface area contributed by atoms with Crippen molar-refractivity contribution in [3.8, 4) is 0 Å². The summed E-state index contributed by atoms with van der Waals surface area (Å²) >= 11 is 7.69. The molecule has 1 unspecified atom stereocenters. The summed E-state index contributed by atoms with van der Waals surface area (Å²) in [5, 5.41) is 12.9. The highest BCUT2D eigenvalue weighted by atomic mass is 35.5. The summed E-state index contributed by atoms with van der Waals surface area (Å²) in [7, 11) is 0. The molecule has 0 bridgehead atoms. The van der Waals surface area contributed by atoms with Crippen LogP contribution in [0.5, 0.6) is 0 Å². The molecule has 1 N–H and O–H groups in total. The minimum atomic E-state index is -0.512. The zero-order chi connectivity index (χ0) is 12.4. The highest BCUT2D eigenvalue weighted by Gasteiger charge is 2.16. The lowest BCUT2D eigenvalue weighted by atomic mass is 10.0. The summed E-state index contributed by atoms with van der Waals surface area (Å²) in [6.07, 6.45) is 0.106. The predicted octanol–water partition coefficient (Wildman–Crippen LogP) is 4.29. The molecule has 0 spiro atoms. The van der Waals surface area contributed by atoms with E-state index >= 15 is 0 Å². The molecule has 1 heterocycles. The Morgan fingerprint density at radius 2 is 1.94 bits per heavy atom. The molecule has 2 aromatic rings. The second-order valence-electron chi connectivity index (χ2n) is 4.24. The van der Waals surface area contributed by atoms with Gasteiger partial charge in [0.25, 0.3) is 0 Å². The van der Waals surface area contributed by atoms with E-state index in [1.807, 2.05) is 30.5 Å². The van der Waals surface area contributed by atoms with Crippen molar-refractivity contribution in [1.82, 2.24) is 0 Å². The average Bonchev–Trinajstić information content (AvgIpc) is 2.63. The first kappa shape index (κ1) is 12.6. The third-order valence-electron chi connectivity index (χ3n) is 2.90. The summed E-state index contributed by atoms with van der Waals surface area (Å²) in [6.45, 7) is 4.02. The van der Waals surface area contributed by atoms with Crippen LogP contribution < -0.4 is 0 Å². The van der Waals surface area contributed by atoms with E-state index in [4.69, 9.17) is 11.6 Å². The van der Waals surface area contributed by atoms with E-state index in [0.717, 1.165) is 10.4 Å². The highest BCUT2D eigenvalue weighted by Crippen LogP contribution is 2.34. The van der Waals surface area contributed by atoms with Crippen LogP contribution in [0, 0.1) is 13.8 Å². The Morgan fingerprint density at radius 3 is 2.53 bits per heavy atom. The fraction of sp³-hybridized carbons (Fsp3) is 0.286. The van der Waals surface area contributed by atoms with Gasteiger partial charge in [0.05, 0.1) is 16.0 Å². The topological polar surface area (TPSA) is 20.2 Å². The van der Waals surface area contributed by atoms with Crippen LogP contribution in [-0.2, 0) is 6.42 Å². The lowest BCUT2D eigenvalue weighted by Crippen LogP contribution is -2.01. The van der Waals surface area contributed by atoms with Crippen LogP contribution in [0.2, 0.25) is 5.02 Å². The van der Waals surface area contributed by atoms with Gasteiger partial charge >= 0.3 is 0 Å². The largest absolute Gasteiger partial charge is 0.387 e. The van der Waals surface area contributed by atoms with E-state index in [9.17, 15) is 5.11 Å². The fourth-order valence-electron chi connectivity index (χ4n) is 1.81. The average molecular weight is 267 g/mol. The molecular formula is C14H15ClOS. The zero-order valence-electron chi connectivity index (χ0n) is 9.90. The van der Waals surface area contributed by atoms with Crippen LogP contribution in [0.1, 0.15) is 27.7 Å². The van der Waals surface area contributed by atoms with Gasteiger partial charge in [-0.25, -0.2) is 0 Å². The van der Waals surface area contributed by atoms with Crippen LogP contribution in [0.15, 0.2) is 29.6 Å². The van der Waals surface area contributed by atoms with Gasteiger partial charge in [-0.15, -0.1) is 11.3 Å². The SMILES string of the molecule is Cc1ccccc1CC(O)c1scc(C)c1Cl. The number of thiophene rings is 1. The van der Waals surface area contributed by atoms with Crippen LogP contribution in [-0.4, -0.2) is 5.11 Å². The molecule has 1 aromatic carbocycles. The summed E-state index contributed by atoms with van der Waals surface area (Å²) in [5.74, 6) is 0. The van der Waals surface area contributed by atoms with Gasteiger partial charge in [-0.05, 0) is 35.9 Å². The van der Waals surface area contributed by atoms with Crippen LogP contribution in [0.25, 0.3) is 0 Å². The third-order valence-corrected chi connectivity index (χ3v) is 4.72. The van der Waals surface area contributed by atoms with Gasteiger partial charge in [0, 0.05) is 6.42 Å². The van der Waals surface area contributed by atoms with E-state index in [0.29, 0.717) is 11.4 Å². The standard InChI is InChI=1S/C14H15ClOS/c1-9-5-3-4-6-11(9)7-12(16)14-13(15)10(2)8-17-14/h3-6,8,12,16H,7H2,1-2H3. The molecule has 0 saturated heterocycles. The second kappa shape index (κ2) is 5.21. The van der Waals surface area contributed by atoms with Crippen molar-refractivity contribution >= 4 is 22.9 Å². The molecule has 2 rings (SSSR count). The molecule has 1 atom stereocenters. The van der Waals surface area contributed by atoms with E-state index in [1.54, 1.807) is 0 Å². The van der Waals surface area contributed by atoms with Crippen molar-refractivity contribution in [3.05, 3.63) is 56.2 Å². The molecule has 0 aliphatic heterocycles. The number of rotatable bonds is 3. The van der Waals surface area contributed by atoms with Crippen molar-refractivity contribution < 1.29 is 5.11 Å². The van der Waals surface area contributed by atoms with Crippen molar-refractivity contribution in [1.29, 1.82) is 0 Å². The minimum absolute atomic E-state index is 0.512. The molecule has 0 saturated carbocycles. The summed E-state index contributed by atoms with van der Waals surface area (Å²) in [4.78, 5) is 0.868. The molecule has 90 valence electrons. The number of aryl methyl sites for hydroxylation is 2. The van der Waals surface area contributed by atoms with Gasteiger partial charge in [0.15, 0.2) is 0 Å².